The highest BCUT2D eigenvalue weighted by molar-refractivity contribution is 5.52. The zero-order valence-electron chi connectivity index (χ0n) is 16.6. The van der Waals surface area contributed by atoms with Gasteiger partial charge in [0.2, 0.25) is 0 Å². The van der Waals surface area contributed by atoms with E-state index in [9.17, 15) is 5.11 Å². The molecule has 1 aliphatic carbocycles. The van der Waals surface area contributed by atoms with Crippen LogP contribution in [0, 0.1) is 0 Å². The van der Waals surface area contributed by atoms with E-state index in [1.54, 1.807) is 0 Å². The topological polar surface area (TPSA) is 20.2 Å². The molecule has 2 aromatic carbocycles. The molecule has 0 spiro atoms. The summed E-state index contributed by atoms with van der Waals surface area (Å²) in [6.45, 7) is 3.83. The van der Waals surface area contributed by atoms with Gasteiger partial charge in [-0.25, -0.2) is 0 Å². The Kier molecular flexibility index (Phi) is 3.00. The standard InChI is InChI=1S/C21H26O/c1-5-16-12-17(6-2)20-15(4)21(22,14(3)19(20)13-16)18-10-8-7-9-11-18/h7-15,22H,5-6H2,1-4H3/t14-,15-,21-/m1/s1/i4D3. The summed E-state index contributed by atoms with van der Waals surface area (Å²) in [4.78, 5) is 0. The summed E-state index contributed by atoms with van der Waals surface area (Å²) in [5.41, 5.74) is 3.32. The molecule has 3 rings (SSSR count). The van der Waals surface area contributed by atoms with Gasteiger partial charge in [-0.1, -0.05) is 70.1 Å². The van der Waals surface area contributed by atoms with Gasteiger partial charge in [0.15, 0.2) is 0 Å². The zero-order chi connectivity index (χ0) is 18.4. The van der Waals surface area contributed by atoms with E-state index in [0.29, 0.717) is 5.56 Å². The molecule has 1 N–H and O–H groups in total. The van der Waals surface area contributed by atoms with Crippen LogP contribution in [0.4, 0.5) is 0 Å². The van der Waals surface area contributed by atoms with Crippen LogP contribution in [0.15, 0.2) is 42.5 Å². The van der Waals surface area contributed by atoms with E-state index in [0.717, 1.165) is 29.5 Å². The molecule has 0 radical (unpaired) electrons. The molecule has 0 aromatic heterocycles. The van der Waals surface area contributed by atoms with Gasteiger partial charge in [0.1, 0.15) is 5.60 Å². The Bertz CT molecular complexity index is 767. The van der Waals surface area contributed by atoms with E-state index in [2.05, 4.69) is 26.0 Å². The molecule has 0 aliphatic heterocycles. The fourth-order valence-corrected chi connectivity index (χ4v) is 3.84. The van der Waals surface area contributed by atoms with E-state index < -0.39 is 18.4 Å². The minimum Gasteiger partial charge on any atom is -0.384 e. The molecular weight excluding hydrogens is 268 g/mol. The first-order chi connectivity index (χ1) is 11.7. The molecule has 0 amide bonds. The number of aryl methyl sites for hydroxylation is 2. The van der Waals surface area contributed by atoms with E-state index in [-0.39, 0.29) is 5.92 Å². The minimum absolute atomic E-state index is 0.271. The van der Waals surface area contributed by atoms with Gasteiger partial charge in [0.25, 0.3) is 0 Å². The summed E-state index contributed by atoms with van der Waals surface area (Å²) in [6, 6.07) is 13.5. The largest absolute Gasteiger partial charge is 0.384 e. The Morgan fingerprint density at radius 2 is 1.82 bits per heavy atom. The van der Waals surface area contributed by atoms with Crippen molar-refractivity contribution < 1.29 is 9.22 Å². The van der Waals surface area contributed by atoms with Gasteiger partial charge in [-0.2, -0.15) is 0 Å². The first kappa shape index (κ1) is 11.9. The molecule has 22 heavy (non-hydrogen) atoms. The van der Waals surface area contributed by atoms with Crippen LogP contribution in [-0.4, -0.2) is 5.11 Å². The van der Waals surface area contributed by atoms with Crippen LogP contribution in [0.25, 0.3) is 0 Å². The van der Waals surface area contributed by atoms with Gasteiger partial charge in [-0.15, -0.1) is 0 Å². The molecule has 1 aliphatic rings. The fourth-order valence-electron chi connectivity index (χ4n) is 3.84. The molecule has 3 atom stereocenters. The summed E-state index contributed by atoms with van der Waals surface area (Å²) >= 11 is 0. The van der Waals surface area contributed by atoms with Crippen molar-refractivity contribution in [3.8, 4) is 0 Å². The lowest BCUT2D eigenvalue weighted by Gasteiger charge is -2.33. The second-order valence-electron chi connectivity index (χ2n) is 6.31. The Balaban J connectivity index is 2.32. The monoisotopic (exact) mass is 297 g/mol. The number of benzene rings is 2. The molecule has 0 bridgehead atoms. The van der Waals surface area contributed by atoms with E-state index in [4.69, 9.17) is 4.11 Å². The minimum atomic E-state index is -2.28. The molecule has 1 heteroatoms. The zero-order valence-corrected chi connectivity index (χ0v) is 13.6. The summed E-state index contributed by atoms with van der Waals surface area (Å²) < 4.78 is 24.6. The van der Waals surface area contributed by atoms with Crippen LogP contribution in [0.2, 0.25) is 0 Å². The van der Waals surface area contributed by atoms with Crippen LogP contribution >= 0.6 is 0 Å². The van der Waals surface area contributed by atoms with Crippen LogP contribution < -0.4 is 0 Å². The van der Waals surface area contributed by atoms with E-state index in [1.807, 2.05) is 37.3 Å². The fraction of sp³-hybridized carbons (Fsp3) is 0.429. The lowest BCUT2D eigenvalue weighted by atomic mass is 9.77. The van der Waals surface area contributed by atoms with Crippen molar-refractivity contribution in [2.75, 3.05) is 0 Å². The third kappa shape index (κ3) is 2.03. The number of hydrogen-bond donors (Lipinski definition) is 1. The van der Waals surface area contributed by atoms with Crippen molar-refractivity contribution in [1.29, 1.82) is 0 Å². The molecule has 0 heterocycles. The van der Waals surface area contributed by atoms with Crippen molar-refractivity contribution >= 4 is 0 Å². The van der Waals surface area contributed by atoms with Crippen LogP contribution in [-0.2, 0) is 18.4 Å². The maximum Gasteiger partial charge on any atom is 0.103 e. The molecular formula is C21H26O. The smallest absolute Gasteiger partial charge is 0.103 e. The Morgan fingerprint density at radius 3 is 2.41 bits per heavy atom. The maximum absolute atomic E-state index is 11.8. The summed E-state index contributed by atoms with van der Waals surface area (Å²) in [5.74, 6) is -1.18. The predicted octanol–water partition coefficient (Wildman–Crippen LogP) is 4.92. The SMILES string of the molecule is [2H]C([2H])([2H])[C@@H]1c2c(CC)cc(CC)cc2[C@@H](C)[C@]1(O)c1ccccc1. The van der Waals surface area contributed by atoms with Crippen molar-refractivity contribution in [3.63, 3.8) is 0 Å². The number of hydrogen-bond acceptors (Lipinski definition) is 1. The first-order valence-corrected chi connectivity index (χ1v) is 8.18. The molecule has 0 fully saturated rings. The van der Waals surface area contributed by atoms with E-state index in [1.165, 1.54) is 5.56 Å². The third-order valence-electron chi connectivity index (χ3n) is 5.24. The lowest BCUT2D eigenvalue weighted by Crippen LogP contribution is -2.32. The van der Waals surface area contributed by atoms with Crippen LogP contribution in [0.1, 0.15) is 71.4 Å². The number of fused-ring (bicyclic) bond motifs is 1. The Morgan fingerprint density at radius 1 is 1.09 bits per heavy atom. The van der Waals surface area contributed by atoms with Crippen molar-refractivity contribution in [3.05, 3.63) is 70.3 Å². The lowest BCUT2D eigenvalue weighted by molar-refractivity contribution is 0.00292. The van der Waals surface area contributed by atoms with Gasteiger partial charge < -0.3 is 5.11 Å². The third-order valence-corrected chi connectivity index (χ3v) is 5.24. The van der Waals surface area contributed by atoms with Gasteiger partial charge in [-0.05, 0) is 40.7 Å². The predicted molar refractivity (Wildman–Crippen MR) is 92.4 cm³/mol. The Hall–Kier alpha value is -1.60. The average molecular weight is 297 g/mol. The second kappa shape index (κ2) is 5.55. The van der Waals surface area contributed by atoms with Crippen molar-refractivity contribution in [2.24, 2.45) is 0 Å². The molecule has 0 saturated carbocycles. The number of aliphatic hydroxyl groups is 1. The van der Waals surface area contributed by atoms with Crippen LogP contribution in [0.3, 0.4) is 0 Å². The average Bonchev–Trinajstić information content (AvgIpc) is 2.83. The highest BCUT2D eigenvalue weighted by atomic mass is 16.3. The highest BCUT2D eigenvalue weighted by Crippen LogP contribution is 2.55. The molecule has 2 aromatic rings. The molecule has 1 nitrogen and oxygen atoms in total. The van der Waals surface area contributed by atoms with Gasteiger partial charge in [0.05, 0.1) is 0 Å². The second-order valence-corrected chi connectivity index (χ2v) is 6.31. The summed E-state index contributed by atoms with van der Waals surface area (Å²) in [7, 11) is 0. The summed E-state index contributed by atoms with van der Waals surface area (Å²) in [5, 5.41) is 11.8. The van der Waals surface area contributed by atoms with E-state index >= 15 is 0 Å². The molecule has 0 saturated heterocycles. The Labute approximate surface area is 138 Å². The maximum atomic E-state index is 11.8. The number of rotatable bonds is 3. The van der Waals surface area contributed by atoms with Crippen molar-refractivity contribution in [1.82, 2.24) is 0 Å². The van der Waals surface area contributed by atoms with Crippen molar-refractivity contribution in [2.45, 2.75) is 57.9 Å². The summed E-state index contributed by atoms with van der Waals surface area (Å²) in [6.07, 6.45) is 1.66. The quantitative estimate of drug-likeness (QED) is 0.852. The first-order valence-electron chi connectivity index (χ1n) is 9.68. The highest BCUT2D eigenvalue weighted by Gasteiger charge is 2.49. The van der Waals surface area contributed by atoms with Gasteiger partial charge >= 0.3 is 0 Å². The van der Waals surface area contributed by atoms with Crippen LogP contribution in [0.5, 0.6) is 0 Å². The normalized spacial score (nSPS) is 29.5. The van der Waals surface area contributed by atoms with Gasteiger partial charge in [0, 0.05) is 15.9 Å². The van der Waals surface area contributed by atoms with Gasteiger partial charge in [-0.3, -0.25) is 0 Å². The molecule has 116 valence electrons. The molecule has 0 unspecified atom stereocenters.